The van der Waals surface area contributed by atoms with E-state index in [2.05, 4.69) is 10.3 Å². The number of benzene rings is 2. The summed E-state index contributed by atoms with van der Waals surface area (Å²) < 4.78 is 14.6. The average molecular weight is 477 g/mol. The second-order valence-corrected chi connectivity index (χ2v) is 8.96. The molecule has 1 saturated heterocycles. The summed E-state index contributed by atoms with van der Waals surface area (Å²) in [6.07, 6.45) is 2.82. The molecule has 0 radical (unpaired) electrons. The minimum absolute atomic E-state index is 0.130. The molecule has 5 rings (SSSR count). The minimum Gasteiger partial charge on any atom is -0.350 e. The smallest absolute Gasteiger partial charge is 0.263 e. The quantitative estimate of drug-likeness (QED) is 0.460. The van der Waals surface area contributed by atoms with E-state index in [4.69, 9.17) is 0 Å². The van der Waals surface area contributed by atoms with Gasteiger partial charge in [-0.1, -0.05) is 24.3 Å². The molecule has 0 aliphatic carbocycles. The summed E-state index contributed by atoms with van der Waals surface area (Å²) in [5.74, 6) is -0.541. The van der Waals surface area contributed by atoms with Gasteiger partial charge in [0.15, 0.2) is 0 Å². The van der Waals surface area contributed by atoms with Crippen molar-refractivity contribution in [2.45, 2.75) is 25.9 Å². The van der Waals surface area contributed by atoms with Crippen molar-refractivity contribution < 1.29 is 14.0 Å². The minimum atomic E-state index is -0.352. The van der Waals surface area contributed by atoms with Crippen molar-refractivity contribution in [3.05, 3.63) is 82.0 Å². The summed E-state index contributed by atoms with van der Waals surface area (Å²) in [6.45, 7) is 0.868. The highest BCUT2D eigenvalue weighted by Gasteiger charge is 2.21. The Balaban J connectivity index is 1.28. The van der Waals surface area contributed by atoms with Crippen LogP contribution in [0.2, 0.25) is 0 Å². The van der Waals surface area contributed by atoms with Crippen molar-refractivity contribution in [3.63, 3.8) is 0 Å². The van der Waals surface area contributed by atoms with Crippen LogP contribution in [0.4, 0.5) is 10.1 Å². The molecular weight excluding hydrogens is 455 g/mol. The monoisotopic (exact) mass is 476 g/mol. The number of carbonyl (C=O) groups is 2. The number of nitrogens with zero attached hydrogens (tertiary/aromatic N) is 3. The van der Waals surface area contributed by atoms with Crippen molar-refractivity contribution >= 4 is 39.1 Å². The number of rotatable bonds is 6. The molecule has 0 spiro atoms. The van der Waals surface area contributed by atoms with Gasteiger partial charge in [-0.2, -0.15) is 0 Å². The average Bonchev–Trinajstić information content (AvgIpc) is 3.47. The van der Waals surface area contributed by atoms with E-state index in [1.165, 1.54) is 34.4 Å². The van der Waals surface area contributed by atoms with Crippen LogP contribution in [0.25, 0.3) is 21.3 Å². The van der Waals surface area contributed by atoms with Gasteiger partial charge in [0.2, 0.25) is 11.8 Å². The topological polar surface area (TPSA) is 84.3 Å². The van der Waals surface area contributed by atoms with Gasteiger partial charge in [-0.05, 0) is 41.8 Å². The molecule has 0 atom stereocenters. The zero-order valence-electron chi connectivity index (χ0n) is 18.2. The van der Waals surface area contributed by atoms with Crippen molar-refractivity contribution in [2.24, 2.45) is 0 Å². The normalized spacial score (nSPS) is 13.6. The first-order valence-corrected chi connectivity index (χ1v) is 11.8. The number of hydrogen-bond donors (Lipinski definition) is 1. The van der Waals surface area contributed by atoms with Crippen LogP contribution in [0.15, 0.2) is 65.0 Å². The van der Waals surface area contributed by atoms with E-state index >= 15 is 0 Å². The number of thiophene rings is 1. The largest absolute Gasteiger partial charge is 0.350 e. The number of hydrogen-bond acceptors (Lipinski definition) is 5. The number of amides is 2. The van der Waals surface area contributed by atoms with Crippen molar-refractivity contribution in [3.8, 4) is 11.1 Å². The molecule has 34 heavy (non-hydrogen) atoms. The Morgan fingerprint density at radius 3 is 2.56 bits per heavy atom. The van der Waals surface area contributed by atoms with Crippen LogP contribution < -0.4 is 15.8 Å². The molecule has 2 aromatic heterocycles. The Kier molecular flexibility index (Phi) is 5.93. The van der Waals surface area contributed by atoms with E-state index in [1.54, 1.807) is 17.0 Å². The number of aromatic nitrogens is 2. The van der Waals surface area contributed by atoms with E-state index < -0.39 is 0 Å². The number of nitrogens with one attached hydrogen (secondary N) is 1. The molecule has 172 valence electrons. The van der Waals surface area contributed by atoms with Gasteiger partial charge in [0.1, 0.15) is 17.2 Å². The van der Waals surface area contributed by atoms with Crippen molar-refractivity contribution in [1.82, 2.24) is 14.9 Å². The zero-order chi connectivity index (χ0) is 23.7. The van der Waals surface area contributed by atoms with Crippen LogP contribution in [0, 0.1) is 5.82 Å². The van der Waals surface area contributed by atoms with E-state index in [1.807, 2.05) is 29.6 Å². The lowest BCUT2D eigenvalue weighted by molar-refractivity contribution is -0.122. The fourth-order valence-corrected chi connectivity index (χ4v) is 4.95. The Morgan fingerprint density at radius 2 is 1.85 bits per heavy atom. The molecule has 2 amide bonds. The lowest BCUT2D eigenvalue weighted by Crippen LogP contribution is -2.32. The highest BCUT2D eigenvalue weighted by Crippen LogP contribution is 2.30. The number of halogens is 1. The Morgan fingerprint density at radius 1 is 1.09 bits per heavy atom. The summed E-state index contributed by atoms with van der Waals surface area (Å²) in [7, 11) is 0. The van der Waals surface area contributed by atoms with Crippen LogP contribution in [0.3, 0.4) is 0 Å². The van der Waals surface area contributed by atoms with Gasteiger partial charge < -0.3 is 10.2 Å². The Hall–Kier alpha value is -3.85. The van der Waals surface area contributed by atoms with Crippen LogP contribution in [-0.4, -0.2) is 27.9 Å². The first kappa shape index (κ1) is 22.0. The molecule has 0 unspecified atom stereocenters. The van der Waals surface area contributed by atoms with Gasteiger partial charge in [0.25, 0.3) is 5.56 Å². The second kappa shape index (κ2) is 9.18. The van der Waals surface area contributed by atoms with Gasteiger partial charge in [-0.3, -0.25) is 19.0 Å². The third-order valence-corrected chi connectivity index (χ3v) is 6.73. The lowest BCUT2D eigenvalue weighted by atomic mass is 10.1. The fraction of sp³-hybridized carbons (Fsp3) is 0.200. The summed E-state index contributed by atoms with van der Waals surface area (Å²) in [5, 5.41) is 5.05. The number of carbonyl (C=O) groups excluding carboxylic acids is 2. The molecule has 1 fully saturated rings. The lowest BCUT2D eigenvalue weighted by Gasteiger charge is -2.16. The van der Waals surface area contributed by atoms with Crippen LogP contribution in [-0.2, 0) is 22.7 Å². The van der Waals surface area contributed by atoms with Gasteiger partial charge >= 0.3 is 0 Å². The van der Waals surface area contributed by atoms with Gasteiger partial charge in [0, 0.05) is 36.1 Å². The number of fused-ring (bicyclic) bond motifs is 1. The van der Waals surface area contributed by atoms with Gasteiger partial charge in [0.05, 0.1) is 11.7 Å². The molecule has 4 aromatic rings. The molecule has 0 bridgehead atoms. The molecule has 3 heterocycles. The fourth-order valence-electron chi connectivity index (χ4n) is 4.05. The summed E-state index contributed by atoms with van der Waals surface area (Å²) in [4.78, 5) is 44.2. The van der Waals surface area contributed by atoms with E-state index in [0.717, 1.165) is 24.2 Å². The van der Waals surface area contributed by atoms with Crippen LogP contribution in [0.5, 0.6) is 0 Å². The molecule has 2 aromatic carbocycles. The third-order valence-electron chi connectivity index (χ3n) is 5.84. The highest BCUT2D eigenvalue weighted by atomic mass is 32.1. The first-order chi connectivity index (χ1) is 16.5. The molecular formula is C25H21FN4O3S. The van der Waals surface area contributed by atoms with E-state index in [-0.39, 0.29) is 29.7 Å². The van der Waals surface area contributed by atoms with Crippen LogP contribution >= 0.6 is 11.3 Å². The zero-order valence-corrected chi connectivity index (χ0v) is 19.0. The molecule has 7 nitrogen and oxygen atoms in total. The van der Waals surface area contributed by atoms with Gasteiger partial charge in [-0.15, -0.1) is 11.3 Å². The first-order valence-electron chi connectivity index (χ1n) is 10.9. The predicted octanol–water partition coefficient (Wildman–Crippen LogP) is 3.71. The second-order valence-electron chi connectivity index (χ2n) is 8.11. The molecule has 1 aliphatic rings. The standard InChI is InChI=1S/C25H21FN4O3S/c26-18-7-5-17(6-8-18)20-14-34-24-23(20)25(33)29(15-28-24)13-21(31)27-12-16-3-9-19(10-4-16)30-11-1-2-22(30)32/h3-10,14-15H,1-2,11-13H2,(H,27,31). The summed E-state index contributed by atoms with van der Waals surface area (Å²) in [5.41, 5.74) is 2.81. The Bertz CT molecular complexity index is 1430. The predicted molar refractivity (Wildman–Crippen MR) is 129 cm³/mol. The highest BCUT2D eigenvalue weighted by molar-refractivity contribution is 7.17. The number of anilines is 1. The van der Waals surface area contributed by atoms with Crippen molar-refractivity contribution in [2.75, 3.05) is 11.4 Å². The van der Waals surface area contributed by atoms with E-state index in [9.17, 15) is 18.8 Å². The van der Waals surface area contributed by atoms with E-state index in [0.29, 0.717) is 34.3 Å². The maximum absolute atomic E-state index is 13.3. The Labute approximate surface area is 198 Å². The van der Waals surface area contributed by atoms with Crippen molar-refractivity contribution in [1.29, 1.82) is 0 Å². The summed E-state index contributed by atoms with van der Waals surface area (Å²) >= 11 is 1.33. The van der Waals surface area contributed by atoms with Gasteiger partial charge in [-0.25, -0.2) is 9.37 Å². The summed E-state index contributed by atoms with van der Waals surface area (Å²) in [6, 6.07) is 13.4. The maximum Gasteiger partial charge on any atom is 0.263 e. The molecule has 9 heteroatoms. The molecule has 0 saturated carbocycles. The maximum atomic E-state index is 13.3. The third kappa shape index (κ3) is 4.34. The van der Waals surface area contributed by atoms with Crippen LogP contribution in [0.1, 0.15) is 18.4 Å². The SMILES string of the molecule is O=C(Cn1cnc2scc(-c3ccc(F)cc3)c2c1=O)NCc1ccc(N2CCCC2=O)cc1. The molecule has 1 aliphatic heterocycles. The molecule has 1 N–H and O–H groups in total.